The summed E-state index contributed by atoms with van der Waals surface area (Å²) in [6.07, 6.45) is 2.22. The molecule has 6 heteroatoms. The molecular formula is C22H27N5O. The molecule has 146 valence electrons. The maximum absolute atomic E-state index is 12.6. The van der Waals surface area contributed by atoms with E-state index in [0.29, 0.717) is 13.0 Å². The number of hydrogen-bond donors (Lipinski definition) is 1. The first-order valence-electron chi connectivity index (χ1n) is 10.0. The molecule has 28 heavy (non-hydrogen) atoms. The Labute approximate surface area is 165 Å². The van der Waals surface area contributed by atoms with E-state index in [1.807, 2.05) is 47.0 Å². The summed E-state index contributed by atoms with van der Waals surface area (Å²) < 4.78 is 2.03. The number of nitrogens with zero attached hydrogens (tertiary/aromatic N) is 4. The van der Waals surface area contributed by atoms with E-state index < -0.39 is 0 Å². The lowest BCUT2D eigenvalue weighted by molar-refractivity contribution is -0.116. The van der Waals surface area contributed by atoms with Crippen LogP contribution in [0.15, 0.2) is 54.9 Å². The van der Waals surface area contributed by atoms with Crippen molar-refractivity contribution in [1.82, 2.24) is 14.5 Å². The minimum Gasteiger partial charge on any atom is -0.367 e. The molecule has 0 atom stereocenters. The zero-order valence-electron chi connectivity index (χ0n) is 16.3. The summed E-state index contributed by atoms with van der Waals surface area (Å²) in [7, 11) is 0. The summed E-state index contributed by atoms with van der Waals surface area (Å²) in [5.41, 5.74) is 4.02. The molecule has 1 fully saturated rings. The third-order valence-electron chi connectivity index (χ3n) is 5.45. The Hall–Kier alpha value is -2.86. The Morgan fingerprint density at radius 1 is 1.04 bits per heavy atom. The summed E-state index contributed by atoms with van der Waals surface area (Å²) in [6.45, 7) is 8.01. The van der Waals surface area contributed by atoms with Crippen molar-refractivity contribution in [3.63, 3.8) is 0 Å². The van der Waals surface area contributed by atoms with E-state index in [2.05, 4.69) is 33.1 Å². The number of para-hydroxylation sites is 4. The smallest absolute Gasteiger partial charge is 0.226 e. The van der Waals surface area contributed by atoms with Gasteiger partial charge in [-0.25, -0.2) is 4.98 Å². The first kappa shape index (κ1) is 18.5. The molecule has 1 N–H and O–H groups in total. The number of rotatable bonds is 6. The van der Waals surface area contributed by atoms with Crippen LogP contribution in [0.4, 0.5) is 11.4 Å². The highest BCUT2D eigenvalue weighted by Crippen LogP contribution is 2.27. The van der Waals surface area contributed by atoms with Crippen molar-refractivity contribution in [1.29, 1.82) is 0 Å². The van der Waals surface area contributed by atoms with E-state index in [-0.39, 0.29) is 5.91 Å². The standard InChI is InChI=1S/C22H27N5O/c1-2-25-13-15-26(16-14-25)21-10-6-4-8-19(21)24-22(28)11-12-27-17-23-18-7-3-5-9-20(18)27/h3-10,17H,2,11-16H2,1H3,(H,24,28). The highest BCUT2D eigenvalue weighted by Gasteiger charge is 2.18. The number of carbonyl (C=O) groups excluding carboxylic acids is 1. The average Bonchev–Trinajstić information content (AvgIpc) is 3.16. The van der Waals surface area contributed by atoms with Crippen LogP contribution >= 0.6 is 0 Å². The second-order valence-electron chi connectivity index (χ2n) is 7.16. The fraction of sp³-hybridized carbons (Fsp3) is 0.364. The molecule has 0 radical (unpaired) electrons. The topological polar surface area (TPSA) is 53.4 Å². The number of nitrogens with one attached hydrogen (secondary N) is 1. The highest BCUT2D eigenvalue weighted by atomic mass is 16.1. The lowest BCUT2D eigenvalue weighted by Gasteiger charge is -2.36. The third kappa shape index (κ3) is 4.02. The van der Waals surface area contributed by atoms with Gasteiger partial charge in [0.05, 0.1) is 28.7 Å². The number of amides is 1. The minimum absolute atomic E-state index is 0.0254. The van der Waals surface area contributed by atoms with Crippen molar-refractivity contribution in [3.05, 3.63) is 54.9 Å². The minimum atomic E-state index is 0.0254. The van der Waals surface area contributed by atoms with Crippen LogP contribution in [-0.4, -0.2) is 53.1 Å². The second-order valence-corrected chi connectivity index (χ2v) is 7.16. The number of imidazole rings is 1. The summed E-state index contributed by atoms with van der Waals surface area (Å²) in [5, 5.41) is 3.12. The highest BCUT2D eigenvalue weighted by molar-refractivity contribution is 5.94. The number of anilines is 2. The number of piperazine rings is 1. The first-order valence-corrected chi connectivity index (χ1v) is 10.0. The normalized spacial score (nSPS) is 15.1. The second kappa shape index (κ2) is 8.44. The fourth-order valence-electron chi connectivity index (χ4n) is 3.78. The van der Waals surface area contributed by atoms with Gasteiger partial charge >= 0.3 is 0 Å². The Morgan fingerprint density at radius 3 is 2.61 bits per heavy atom. The number of fused-ring (bicyclic) bond motifs is 1. The van der Waals surface area contributed by atoms with Gasteiger partial charge in [0.1, 0.15) is 0 Å². The van der Waals surface area contributed by atoms with Crippen molar-refractivity contribution >= 4 is 28.3 Å². The molecule has 2 heterocycles. The van der Waals surface area contributed by atoms with Crippen LogP contribution in [0, 0.1) is 0 Å². The molecule has 1 aliphatic heterocycles. The molecule has 3 aromatic rings. The Kier molecular flexibility index (Phi) is 5.58. The Bertz CT molecular complexity index is 943. The van der Waals surface area contributed by atoms with Gasteiger partial charge in [-0.15, -0.1) is 0 Å². The van der Waals surface area contributed by atoms with Gasteiger partial charge in [0.15, 0.2) is 0 Å². The number of carbonyl (C=O) groups is 1. The predicted octanol–water partition coefficient (Wildman–Crippen LogP) is 3.21. The van der Waals surface area contributed by atoms with Crippen molar-refractivity contribution in [3.8, 4) is 0 Å². The van der Waals surface area contributed by atoms with Gasteiger partial charge in [0, 0.05) is 39.1 Å². The summed E-state index contributed by atoms with van der Waals surface area (Å²) in [4.78, 5) is 21.8. The maximum Gasteiger partial charge on any atom is 0.226 e. The molecule has 1 amide bonds. The van der Waals surface area contributed by atoms with Crippen LogP contribution in [0.1, 0.15) is 13.3 Å². The molecule has 1 saturated heterocycles. The fourth-order valence-corrected chi connectivity index (χ4v) is 3.78. The predicted molar refractivity (Wildman–Crippen MR) is 114 cm³/mol. The summed E-state index contributed by atoms with van der Waals surface area (Å²) >= 11 is 0. The van der Waals surface area contributed by atoms with E-state index in [0.717, 1.165) is 55.1 Å². The molecule has 0 aliphatic carbocycles. The van der Waals surface area contributed by atoms with Gasteiger partial charge in [0.25, 0.3) is 0 Å². The number of likely N-dealkylation sites (N-methyl/N-ethyl adjacent to an activating group) is 1. The quantitative estimate of drug-likeness (QED) is 0.717. The molecular weight excluding hydrogens is 350 g/mol. The third-order valence-corrected chi connectivity index (χ3v) is 5.45. The van der Waals surface area contributed by atoms with Gasteiger partial charge in [-0.05, 0) is 30.8 Å². The van der Waals surface area contributed by atoms with Crippen molar-refractivity contribution < 1.29 is 4.79 Å². The lowest BCUT2D eigenvalue weighted by atomic mass is 10.2. The number of benzene rings is 2. The number of aryl methyl sites for hydroxylation is 1. The van der Waals surface area contributed by atoms with Gasteiger partial charge < -0.3 is 19.7 Å². The van der Waals surface area contributed by atoms with Gasteiger partial charge in [-0.3, -0.25) is 4.79 Å². The summed E-state index contributed by atoms with van der Waals surface area (Å²) in [6, 6.07) is 16.1. The van der Waals surface area contributed by atoms with Crippen LogP contribution < -0.4 is 10.2 Å². The van der Waals surface area contributed by atoms with Crippen molar-refractivity contribution in [2.24, 2.45) is 0 Å². The maximum atomic E-state index is 12.6. The van der Waals surface area contributed by atoms with Crippen LogP contribution in [-0.2, 0) is 11.3 Å². The Morgan fingerprint density at radius 2 is 1.79 bits per heavy atom. The first-order chi connectivity index (χ1) is 13.7. The van der Waals surface area contributed by atoms with E-state index in [1.165, 1.54) is 0 Å². The number of hydrogen-bond acceptors (Lipinski definition) is 4. The summed E-state index contributed by atoms with van der Waals surface area (Å²) in [5.74, 6) is 0.0254. The van der Waals surface area contributed by atoms with Crippen molar-refractivity contribution in [2.45, 2.75) is 19.9 Å². The Balaban J connectivity index is 1.39. The molecule has 0 saturated carbocycles. The molecule has 6 nitrogen and oxygen atoms in total. The molecule has 0 bridgehead atoms. The molecule has 1 aliphatic rings. The van der Waals surface area contributed by atoms with Gasteiger partial charge in [-0.2, -0.15) is 0 Å². The zero-order valence-corrected chi connectivity index (χ0v) is 16.3. The van der Waals surface area contributed by atoms with Gasteiger partial charge in [-0.1, -0.05) is 31.2 Å². The molecule has 1 aromatic heterocycles. The molecule has 0 spiro atoms. The van der Waals surface area contributed by atoms with Crippen LogP contribution in [0.5, 0.6) is 0 Å². The van der Waals surface area contributed by atoms with E-state index in [9.17, 15) is 4.79 Å². The van der Waals surface area contributed by atoms with Crippen molar-refractivity contribution in [2.75, 3.05) is 42.9 Å². The van der Waals surface area contributed by atoms with E-state index >= 15 is 0 Å². The van der Waals surface area contributed by atoms with Crippen LogP contribution in [0.3, 0.4) is 0 Å². The molecule has 0 unspecified atom stereocenters. The molecule has 2 aromatic carbocycles. The van der Waals surface area contributed by atoms with E-state index in [4.69, 9.17) is 0 Å². The zero-order chi connectivity index (χ0) is 19.3. The lowest BCUT2D eigenvalue weighted by Crippen LogP contribution is -2.46. The monoisotopic (exact) mass is 377 g/mol. The van der Waals surface area contributed by atoms with Gasteiger partial charge in [0.2, 0.25) is 5.91 Å². The number of aromatic nitrogens is 2. The molecule has 4 rings (SSSR count). The van der Waals surface area contributed by atoms with E-state index in [1.54, 1.807) is 6.33 Å². The van der Waals surface area contributed by atoms with Crippen LogP contribution in [0.25, 0.3) is 11.0 Å². The average molecular weight is 377 g/mol. The SMILES string of the molecule is CCN1CCN(c2ccccc2NC(=O)CCn2cnc3ccccc32)CC1. The van der Waals surface area contributed by atoms with Crippen LogP contribution in [0.2, 0.25) is 0 Å². The largest absolute Gasteiger partial charge is 0.367 e.